The van der Waals surface area contributed by atoms with Crippen molar-refractivity contribution >= 4 is 24.0 Å². The maximum absolute atomic E-state index is 11.9. The number of rotatable bonds is 5. The molecule has 102 valence electrons. The average molecular weight is 273 g/mol. The van der Waals surface area contributed by atoms with Gasteiger partial charge < -0.3 is 15.4 Å². The topological polar surface area (TPSA) is 50.4 Å². The first-order valence-electron chi connectivity index (χ1n) is 5.68. The number of aryl methyl sites for hydroxylation is 1. The van der Waals surface area contributed by atoms with Crippen LogP contribution in [0.15, 0.2) is 18.2 Å². The summed E-state index contributed by atoms with van der Waals surface area (Å²) in [6, 6.07) is 5.71. The smallest absolute Gasteiger partial charge is 0.228 e. The molecule has 1 unspecified atom stereocenters. The summed E-state index contributed by atoms with van der Waals surface area (Å²) in [5, 5.41) is 5.86. The second kappa shape index (κ2) is 7.95. The summed E-state index contributed by atoms with van der Waals surface area (Å²) >= 11 is 0. The Balaban J connectivity index is 0.00000289. The highest BCUT2D eigenvalue weighted by Crippen LogP contribution is 2.25. The molecule has 0 bridgehead atoms. The summed E-state index contributed by atoms with van der Waals surface area (Å²) in [6.45, 7) is 4.51. The Bertz CT molecular complexity index is 397. The number of amides is 1. The number of carbonyl (C=O) groups excluding carboxylic acids is 1. The lowest BCUT2D eigenvalue weighted by molar-refractivity contribution is -0.119. The molecule has 1 amide bonds. The Labute approximate surface area is 115 Å². The first-order valence-corrected chi connectivity index (χ1v) is 5.68. The minimum atomic E-state index is -0.0785. The molecule has 1 rings (SSSR count). The second-order valence-electron chi connectivity index (χ2n) is 4.15. The minimum Gasteiger partial charge on any atom is -0.495 e. The first kappa shape index (κ1) is 16.7. The molecule has 0 saturated heterocycles. The SMILES string of the molecule is CNCC(C)C(=O)Nc1cc(C)ccc1OC.Cl. The van der Waals surface area contributed by atoms with Crippen molar-refractivity contribution in [1.82, 2.24) is 5.32 Å². The number of methoxy groups -OCH3 is 1. The fourth-order valence-electron chi connectivity index (χ4n) is 1.57. The van der Waals surface area contributed by atoms with Gasteiger partial charge in [-0.1, -0.05) is 13.0 Å². The molecule has 0 aliphatic carbocycles. The average Bonchev–Trinajstić information content (AvgIpc) is 2.29. The lowest BCUT2D eigenvalue weighted by Crippen LogP contribution is -2.28. The molecular weight excluding hydrogens is 252 g/mol. The molecule has 0 aliphatic rings. The summed E-state index contributed by atoms with van der Waals surface area (Å²) < 4.78 is 5.21. The Morgan fingerprint density at radius 1 is 1.44 bits per heavy atom. The van der Waals surface area contributed by atoms with Crippen LogP contribution in [0.2, 0.25) is 0 Å². The van der Waals surface area contributed by atoms with Gasteiger partial charge in [-0.3, -0.25) is 4.79 Å². The van der Waals surface area contributed by atoms with Crippen molar-refractivity contribution in [3.8, 4) is 5.75 Å². The van der Waals surface area contributed by atoms with Crippen LogP contribution in [0.1, 0.15) is 12.5 Å². The van der Waals surface area contributed by atoms with Crippen LogP contribution in [0.4, 0.5) is 5.69 Å². The zero-order valence-electron chi connectivity index (χ0n) is 11.2. The van der Waals surface area contributed by atoms with Crippen molar-refractivity contribution in [2.75, 3.05) is 26.0 Å². The van der Waals surface area contributed by atoms with Gasteiger partial charge in [0.2, 0.25) is 5.91 Å². The lowest BCUT2D eigenvalue weighted by Gasteiger charge is -2.14. The Morgan fingerprint density at radius 2 is 2.11 bits per heavy atom. The van der Waals surface area contributed by atoms with Crippen LogP contribution in [0.25, 0.3) is 0 Å². The third kappa shape index (κ3) is 4.55. The third-order valence-corrected chi connectivity index (χ3v) is 2.57. The summed E-state index contributed by atoms with van der Waals surface area (Å²) in [7, 11) is 3.42. The molecule has 0 fully saturated rings. The number of ether oxygens (including phenoxy) is 1. The molecule has 0 spiro atoms. The van der Waals surface area contributed by atoms with E-state index in [1.807, 2.05) is 39.1 Å². The summed E-state index contributed by atoms with van der Waals surface area (Å²) in [6.07, 6.45) is 0. The van der Waals surface area contributed by atoms with Crippen LogP contribution >= 0.6 is 12.4 Å². The van der Waals surface area contributed by atoms with E-state index in [2.05, 4.69) is 10.6 Å². The first-order chi connectivity index (χ1) is 8.08. The van der Waals surface area contributed by atoms with Crippen molar-refractivity contribution in [2.24, 2.45) is 5.92 Å². The predicted octanol–water partition coefficient (Wildman–Crippen LogP) is 2.22. The van der Waals surface area contributed by atoms with Crippen molar-refractivity contribution in [3.05, 3.63) is 23.8 Å². The van der Waals surface area contributed by atoms with E-state index in [-0.39, 0.29) is 24.2 Å². The van der Waals surface area contributed by atoms with E-state index in [4.69, 9.17) is 4.74 Å². The van der Waals surface area contributed by atoms with Crippen LogP contribution in [0, 0.1) is 12.8 Å². The van der Waals surface area contributed by atoms with E-state index in [9.17, 15) is 4.79 Å². The van der Waals surface area contributed by atoms with Crippen molar-refractivity contribution in [1.29, 1.82) is 0 Å². The minimum absolute atomic E-state index is 0. The molecule has 1 atom stereocenters. The standard InChI is InChI=1S/C13H20N2O2.ClH/c1-9-5-6-12(17-4)11(7-9)15-13(16)10(2)8-14-3;/h5-7,10,14H,8H2,1-4H3,(H,15,16);1H. The summed E-state index contributed by atoms with van der Waals surface area (Å²) in [5.74, 6) is 0.592. The molecule has 0 heterocycles. The molecule has 0 saturated carbocycles. The quantitative estimate of drug-likeness (QED) is 0.864. The van der Waals surface area contributed by atoms with E-state index in [0.717, 1.165) is 11.3 Å². The van der Waals surface area contributed by atoms with Gasteiger partial charge in [-0.15, -0.1) is 12.4 Å². The molecule has 4 nitrogen and oxygen atoms in total. The van der Waals surface area contributed by atoms with Crippen molar-refractivity contribution in [2.45, 2.75) is 13.8 Å². The Hall–Kier alpha value is -1.26. The number of carbonyl (C=O) groups is 1. The predicted molar refractivity (Wildman–Crippen MR) is 76.7 cm³/mol. The fourth-order valence-corrected chi connectivity index (χ4v) is 1.57. The summed E-state index contributed by atoms with van der Waals surface area (Å²) in [5.41, 5.74) is 1.81. The van der Waals surface area contributed by atoms with Gasteiger partial charge in [0, 0.05) is 12.5 Å². The molecule has 18 heavy (non-hydrogen) atoms. The molecule has 1 aromatic carbocycles. The van der Waals surface area contributed by atoms with Gasteiger partial charge >= 0.3 is 0 Å². The zero-order valence-corrected chi connectivity index (χ0v) is 12.1. The molecule has 0 radical (unpaired) electrons. The van der Waals surface area contributed by atoms with Crippen molar-refractivity contribution < 1.29 is 9.53 Å². The highest BCUT2D eigenvalue weighted by Gasteiger charge is 2.14. The van der Waals surface area contributed by atoms with Crippen LogP contribution in [0.3, 0.4) is 0 Å². The number of nitrogens with one attached hydrogen (secondary N) is 2. The van der Waals surface area contributed by atoms with Gasteiger partial charge in [-0.25, -0.2) is 0 Å². The third-order valence-electron chi connectivity index (χ3n) is 2.57. The Morgan fingerprint density at radius 3 is 2.67 bits per heavy atom. The van der Waals surface area contributed by atoms with Crippen LogP contribution in [-0.2, 0) is 4.79 Å². The van der Waals surface area contributed by atoms with Gasteiger partial charge in [-0.2, -0.15) is 0 Å². The van der Waals surface area contributed by atoms with Gasteiger partial charge in [0.25, 0.3) is 0 Å². The largest absolute Gasteiger partial charge is 0.495 e. The van der Waals surface area contributed by atoms with Gasteiger partial charge in [0.05, 0.1) is 12.8 Å². The van der Waals surface area contributed by atoms with Crippen LogP contribution < -0.4 is 15.4 Å². The number of hydrogen-bond donors (Lipinski definition) is 2. The van der Waals surface area contributed by atoms with E-state index in [1.54, 1.807) is 7.11 Å². The Kier molecular flexibility index (Phi) is 7.39. The molecule has 1 aromatic rings. The number of anilines is 1. The zero-order chi connectivity index (χ0) is 12.8. The highest BCUT2D eigenvalue weighted by atomic mass is 35.5. The van der Waals surface area contributed by atoms with Crippen LogP contribution in [-0.4, -0.2) is 26.6 Å². The molecular formula is C13H21ClN2O2. The molecule has 0 aromatic heterocycles. The number of benzene rings is 1. The van der Waals surface area contributed by atoms with Gasteiger partial charge in [0.15, 0.2) is 0 Å². The summed E-state index contributed by atoms with van der Waals surface area (Å²) in [4.78, 5) is 11.9. The maximum atomic E-state index is 11.9. The lowest BCUT2D eigenvalue weighted by atomic mass is 10.1. The number of halogens is 1. The van der Waals surface area contributed by atoms with Crippen LogP contribution in [0.5, 0.6) is 5.75 Å². The van der Waals surface area contributed by atoms with Gasteiger partial charge in [0.1, 0.15) is 5.75 Å². The van der Waals surface area contributed by atoms with E-state index >= 15 is 0 Å². The molecule has 5 heteroatoms. The monoisotopic (exact) mass is 272 g/mol. The fraction of sp³-hybridized carbons (Fsp3) is 0.462. The molecule has 2 N–H and O–H groups in total. The second-order valence-corrected chi connectivity index (χ2v) is 4.15. The van der Waals surface area contributed by atoms with E-state index in [1.165, 1.54) is 0 Å². The number of hydrogen-bond acceptors (Lipinski definition) is 3. The van der Waals surface area contributed by atoms with E-state index in [0.29, 0.717) is 12.3 Å². The molecule has 0 aliphatic heterocycles. The maximum Gasteiger partial charge on any atom is 0.228 e. The highest BCUT2D eigenvalue weighted by molar-refractivity contribution is 5.94. The van der Waals surface area contributed by atoms with Crippen molar-refractivity contribution in [3.63, 3.8) is 0 Å². The normalized spacial score (nSPS) is 11.3. The van der Waals surface area contributed by atoms with Gasteiger partial charge in [-0.05, 0) is 31.7 Å². The van der Waals surface area contributed by atoms with E-state index < -0.39 is 0 Å².